The first-order valence-corrected chi connectivity index (χ1v) is 11.0. The number of amides is 3. The molecule has 0 saturated carbocycles. The van der Waals surface area contributed by atoms with E-state index >= 15 is 0 Å². The van der Waals surface area contributed by atoms with E-state index < -0.39 is 47.9 Å². The number of aromatic nitrogens is 1. The smallest absolute Gasteiger partial charge is 0.433 e. The van der Waals surface area contributed by atoms with Gasteiger partial charge in [-0.2, -0.15) is 13.2 Å². The molecule has 0 aliphatic carbocycles. The molecule has 0 spiro atoms. The number of carbonyl (C=O) groups excluding carboxylic acids is 4. The Hall–Kier alpha value is -3.22. The van der Waals surface area contributed by atoms with Crippen LogP contribution in [-0.2, 0) is 25.3 Å². The highest BCUT2D eigenvalue weighted by Crippen LogP contribution is 2.37. The van der Waals surface area contributed by atoms with Gasteiger partial charge in [0.25, 0.3) is 5.91 Å². The lowest BCUT2D eigenvalue weighted by Gasteiger charge is -2.19. The van der Waals surface area contributed by atoms with Gasteiger partial charge in [0, 0.05) is 11.4 Å². The van der Waals surface area contributed by atoms with Crippen LogP contribution in [0.3, 0.4) is 0 Å². The van der Waals surface area contributed by atoms with Gasteiger partial charge in [-0.25, -0.2) is 9.78 Å². The molecule has 2 heterocycles. The van der Waals surface area contributed by atoms with Crippen molar-refractivity contribution in [3.8, 4) is 5.75 Å². The normalized spacial score (nSPS) is 12.7. The van der Waals surface area contributed by atoms with Gasteiger partial charge < -0.3 is 14.8 Å². The maximum absolute atomic E-state index is 13.5. The largest absolute Gasteiger partial charge is 0.481 e. The fourth-order valence-electron chi connectivity index (χ4n) is 2.87. The second-order valence-corrected chi connectivity index (χ2v) is 9.03. The summed E-state index contributed by atoms with van der Waals surface area (Å²) in [6, 6.07) is -0.438. The van der Waals surface area contributed by atoms with Crippen LogP contribution in [0.4, 0.5) is 13.2 Å². The molecule has 9 nitrogen and oxygen atoms in total. The van der Waals surface area contributed by atoms with E-state index in [4.69, 9.17) is 9.47 Å². The number of nitrogens with one attached hydrogen (secondary N) is 2. The topological polar surface area (TPSA) is 124 Å². The number of hydrogen-bond donors (Lipinski definition) is 2. The van der Waals surface area contributed by atoms with E-state index in [2.05, 4.69) is 10.3 Å². The zero-order valence-electron chi connectivity index (χ0n) is 18.9. The molecule has 0 radical (unpaired) electrons. The van der Waals surface area contributed by atoms with Crippen molar-refractivity contribution in [2.45, 2.75) is 58.4 Å². The summed E-state index contributed by atoms with van der Waals surface area (Å²) in [5.74, 6) is -2.69. The van der Waals surface area contributed by atoms with Gasteiger partial charge in [-0.3, -0.25) is 19.7 Å². The lowest BCUT2D eigenvalue weighted by Crippen LogP contribution is -2.46. The van der Waals surface area contributed by atoms with Gasteiger partial charge in [-0.1, -0.05) is 13.3 Å². The fourth-order valence-corrected chi connectivity index (χ4v) is 3.76. The van der Waals surface area contributed by atoms with Gasteiger partial charge in [-0.15, -0.1) is 11.3 Å². The number of rotatable bonds is 9. The van der Waals surface area contributed by atoms with Crippen LogP contribution in [0.2, 0.25) is 0 Å². The number of nitrogens with zero attached hydrogens (tertiary/aromatic N) is 1. The van der Waals surface area contributed by atoms with Crippen molar-refractivity contribution in [2.75, 3.05) is 6.61 Å². The maximum Gasteiger partial charge on any atom is 0.433 e. The zero-order chi connectivity index (χ0) is 25.7. The van der Waals surface area contributed by atoms with Crippen molar-refractivity contribution in [1.82, 2.24) is 15.6 Å². The Morgan fingerprint density at radius 1 is 1.24 bits per heavy atom. The molecular weight excluding hydrogens is 479 g/mol. The number of pyridine rings is 1. The molecule has 1 atom stereocenters. The molecule has 3 amide bonds. The monoisotopic (exact) mass is 503 g/mol. The first-order valence-electron chi connectivity index (χ1n) is 10.2. The highest BCUT2D eigenvalue weighted by Gasteiger charge is 2.35. The van der Waals surface area contributed by atoms with E-state index in [0.29, 0.717) is 12.5 Å². The van der Waals surface area contributed by atoms with Gasteiger partial charge >= 0.3 is 12.1 Å². The number of esters is 1. The first-order chi connectivity index (χ1) is 15.8. The SMILES string of the molecule is CCCC(NC(=O)c1scc2c(OCC(=O)OC(C)(C)C)cc(C(F)(F)F)nc12)C(=O)NC=O. The highest BCUT2D eigenvalue weighted by atomic mass is 32.1. The van der Waals surface area contributed by atoms with E-state index in [0.717, 1.165) is 11.3 Å². The Labute approximate surface area is 197 Å². The number of fused-ring (bicyclic) bond motifs is 1. The van der Waals surface area contributed by atoms with Gasteiger partial charge in [0.1, 0.15) is 28.0 Å². The third-order valence-corrected chi connectivity index (χ3v) is 5.16. The number of thiophene rings is 1. The molecule has 2 N–H and O–H groups in total. The third kappa shape index (κ3) is 7.14. The van der Waals surface area contributed by atoms with Crippen LogP contribution in [0.5, 0.6) is 5.75 Å². The van der Waals surface area contributed by atoms with Crippen LogP contribution in [-0.4, -0.2) is 47.4 Å². The molecule has 2 rings (SSSR count). The van der Waals surface area contributed by atoms with Gasteiger partial charge in [-0.05, 0) is 27.2 Å². The number of carbonyl (C=O) groups is 4. The molecule has 0 fully saturated rings. The van der Waals surface area contributed by atoms with Crippen molar-refractivity contribution >= 4 is 46.4 Å². The van der Waals surface area contributed by atoms with Gasteiger partial charge in [0.05, 0.1) is 10.9 Å². The predicted octanol–water partition coefficient (Wildman–Crippen LogP) is 3.21. The molecule has 2 aromatic rings. The molecule has 0 aliphatic rings. The summed E-state index contributed by atoms with van der Waals surface area (Å²) >= 11 is 0.795. The van der Waals surface area contributed by atoms with Gasteiger partial charge in [0.15, 0.2) is 6.61 Å². The van der Waals surface area contributed by atoms with Crippen LogP contribution in [0.25, 0.3) is 10.9 Å². The average molecular weight is 503 g/mol. The molecule has 34 heavy (non-hydrogen) atoms. The molecular formula is C21H24F3N3O6S. The minimum absolute atomic E-state index is 0.0797. The summed E-state index contributed by atoms with van der Waals surface area (Å²) in [6.45, 7) is 5.97. The molecule has 0 aromatic carbocycles. The zero-order valence-corrected chi connectivity index (χ0v) is 19.7. The molecule has 1 unspecified atom stereocenters. The van der Waals surface area contributed by atoms with Crippen molar-refractivity contribution in [3.05, 3.63) is 22.0 Å². The van der Waals surface area contributed by atoms with E-state index in [9.17, 15) is 32.3 Å². The second kappa shape index (κ2) is 10.8. The number of hydrogen-bond acceptors (Lipinski definition) is 8. The van der Waals surface area contributed by atoms with Crippen LogP contribution < -0.4 is 15.4 Å². The lowest BCUT2D eigenvalue weighted by atomic mass is 10.1. The van der Waals surface area contributed by atoms with Crippen LogP contribution >= 0.6 is 11.3 Å². The number of ether oxygens (including phenoxy) is 2. The van der Waals surface area contributed by atoms with E-state index in [-0.39, 0.29) is 34.4 Å². The lowest BCUT2D eigenvalue weighted by molar-refractivity contribution is -0.157. The fraction of sp³-hybridized carbons (Fsp3) is 0.476. The van der Waals surface area contributed by atoms with Gasteiger partial charge in [0.2, 0.25) is 12.3 Å². The molecule has 13 heteroatoms. The summed E-state index contributed by atoms with van der Waals surface area (Å²) in [5.41, 5.74) is -2.44. The molecule has 186 valence electrons. The summed E-state index contributed by atoms with van der Waals surface area (Å²) < 4.78 is 50.8. The predicted molar refractivity (Wildman–Crippen MR) is 116 cm³/mol. The third-order valence-electron chi connectivity index (χ3n) is 4.19. The Bertz CT molecular complexity index is 1080. The Morgan fingerprint density at radius 2 is 1.91 bits per heavy atom. The second-order valence-electron chi connectivity index (χ2n) is 8.15. The van der Waals surface area contributed by atoms with Crippen LogP contribution in [0, 0.1) is 0 Å². The van der Waals surface area contributed by atoms with Crippen molar-refractivity contribution in [1.29, 1.82) is 0 Å². The molecule has 0 aliphatic heterocycles. The van der Waals surface area contributed by atoms with Crippen LogP contribution in [0.15, 0.2) is 11.4 Å². The average Bonchev–Trinajstić information content (AvgIpc) is 3.14. The molecule has 0 bridgehead atoms. The Kier molecular flexibility index (Phi) is 8.59. The number of alkyl halides is 3. The Balaban J connectivity index is 2.41. The van der Waals surface area contributed by atoms with Crippen molar-refractivity contribution < 1.29 is 41.8 Å². The maximum atomic E-state index is 13.5. The summed E-state index contributed by atoms with van der Waals surface area (Å²) in [6.07, 6.45) is -4.01. The standard InChI is InChI=1S/C21H24F3N3O6S/c1-5-6-12(18(30)25-10-28)26-19(31)17-16-11(9-34-17)13(7-14(27-16)21(22,23)24)32-8-15(29)33-20(2,3)4/h7,9-10,12H,5-6,8H2,1-4H3,(H,26,31)(H,25,28,30). The summed E-state index contributed by atoms with van der Waals surface area (Å²) in [7, 11) is 0. The van der Waals surface area contributed by atoms with E-state index in [1.54, 1.807) is 27.7 Å². The van der Waals surface area contributed by atoms with Crippen molar-refractivity contribution in [2.24, 2.45) is 0 Å². The molecule has 2 aromatic heterocycles. The minimum Gasteiger partial charge on any atom is -0.481 e. The molecule has 0 saturated heterocycles. The van der Waals surface area contributed by atoms with Crippen LogP contribution in [0.1, 0.15) is 55.9 Å². The highest BCUT2D eigenvalue weighted by molar-refractivity contribution is 7.13. The quantitative estimate of drug-likeness (QED) is 0.398. The summed E-state index contributed by atoms with van der Waals surface area (Å²) in [4.78, 5) is 50.7. The minimum atomic E-state index is -4.86. The summed E-state index contributed by atoms with van der Waals surface area (Å²) in [5, 5.41) is 5.80. The van der Waals surface area contributed by atoms with E-state index in [1.165, 1.54) is 5.38 Å². The van der Waals surface area contributed by atoms with Crippen molar-refractivity contribution in [3.63, 3.8) is 0 Å². The number of halogens is 3. The van der Waals surface area contributed by atoms with E-state index in [1.807, 2.05) is 5.32 Å². The Morgan fingerprint density at radius 3 is 2.47 bits per heavy atom. The number of imide groups is 1. The first kappa shape index (κ1) is 27.0.